The molecule has 0 aromatic carbocycles. The fraction of sp³-hybridized carbons (Fsp3) is 0.545. The number of fused-ring (bicyclic) bond motifs is 1. The van der Waals surface area contributed by atoms with Crippen LogP contribution in [0.25, 0.3) is 0 Å². The van der Waals surface area contributed by atoms with E-state index >= 15 is 0 Å². The number of pyridine rings is 1. The first kappa shape index (κ1) is 17.4. The SMILES string of the molecule is CC[C@@H]1CSC2=N[C@@H](c3ccccn3)[C@H](c3ccn(C4CCCCC4)c3)N21. The number of thioether (sulfide) groups is 1. The van der Waals surface area contributed by atoms with Crippen molar-refractivity contribution in [3.8, 4) is 0 Å². The molecule has 0 radical (unpaired) electrons. The summed E-state index contributed by atoms with van der Waals surface area (Å²) < 4.78 is 2.48. The van der Waals surface area contributed by atoms with Gasteiger partial charge in [-0.2, -0.15) is 0 Å². The largest absolute Gasteiger partial charge is 0.351 e. The van der Waals surface area contributed by atoms with Crippen molar-refractivity contribution in [3.05, 3.63) is 54.1 Å². The van der Waals surface area contributed by atoms with Crippen LogP contribution in [0.5, 0.6) is 0 Å². The standard InChI is InChI=1S/C22H28N4S/c1-2-17-15-27-22-24-20(19-10-6-7-12-23-19)21(26(17)22)16-11-13-25(14-16)18-8-4-3-5-9-18/h6-7,10-14,17-18,20-21H,2-5,8-9,15H2,1H3/t17-,20+,21+/m1/s1. The van der Waals surface area contributed by atoms with Crippen LogP contribution in [0, 0.1) is 0 Å². The van der Waals surface area contributed by atoms with Gasteiger partial charge in [-0.1, -0.05) is 44.0 Å². The first-order chi connectivity index (χ1) is 13.3. The van der Waals surface area contributed by atoms with E-state index in [1.54, 1.807) is 0 Å². The quantitative estimate of drug-likeness (QED) is 0.715. The zero-order chi connectivity index (χ0) is 18.2. The molecule has 1 aliphatic carbocycles. The molecule has 142 valence electrons. The maximum Gasteiger partial charge on any atom is 0.160 e. The van der Waals surface area contributed by atoms with Crippen LogP contribution in [-0.4, -0.2) is 31.4 Å². The average molecular weight is 381 g/mol. The third kappa shape index (κ3) is 3.10. The molecule has 5 rings (SSSR count). The molecule has 27 heavy (non-hydrogen) atoms. The zero-order valence-electron chi connectivity index (χ0n) is 16.0. The molecule has 0 amide bonds. The Bertz CT molecular complexity index is 809. The van der Waals surface area contributed by atoms with Crippen molar-refractivity contribution in [2.45, 2.75) is 69.6 Å². The Hall–Kier alpha value is -1.75. The van der Waals surface area contributed by atoms with Gasteiger partial charge in [0.05, 0.1) is 11.7 Å². The normalized spacial score (nSPS) is 28.4. The van der Waals surface area contributed by atoms with Gasteiger partial charge in [-0.15, -0.1) is 0 Å². The van der Waals surface area contributed by atoms with E-state index in [1.165, 1.54) is 49.3 Å². The summed E-state index contributed by atoms with van der Waals surface area (Å²) in [4.78, 5) is 12.4. The van der Waals surface area contributed by atoms with Gasteiger partial charge in [-0.05, 0) is 43.0 Å². The van der Waals surface area contributed by atoms with Gasteiger partial charge in [0.15, 0.2) is 5.17 Å². The fourth-order valence-corrected chi connectivity index (χ4v) is 6.26. The molecule has 0 N–H and O–H groups in total. The van der Waals surface area contributed by atoms with Gasteiger partial charge < -0.3 is 9.47 Å². The maximum absolute atomic E-state index is 5.13. The predicted molar refractivity (Wildman–Crippen MR) is 112 cm³/mol. The van der Waals surface area contributed by atoms with E-state index in [9.17, 15) is 0 Å². The van der Waals surface area contributed by atoms with Crippen molar-refractivity contribution in [3.63, 3.8) is 0 Å². The summed E-state index contributed by atoms with van der Waals surface area (Å²) in [6, 6.07) is 10.2. The lowest BCUT2D eigenvalue weighted by molar-refractivity contribution is 0.254. The van der Waals surface area contributed by atoms with Crippen LogP contribution in [0.2, 0.25) is 0 Å². The summed E-state index contributed by atoms with van der Waals surface area (Å²) in [7, 11) is 0. The number of hydrogen-bond acceptors (Lipinski definition) is 4. The first-order valence-electron chi connectivity index (χ1n) is 10.4. The summed E-state index contributed by atoms with van der Waals surface area (Å²) in [5, 5.41) is 1.22. The topological polar surface area (TPSA) is 33.4 Å². The second-order valence-corrected chi connectivity index (χ2v) is 9.01. The van der Waals surface area contributed by atoms with Gasteiger partial charge in [0, 0.05) is 36.4 Å². The molecule has 2 aliphatic heterocycles. The zero-order valence-corrected chi connectivity index (χ0v) is 16.8. The lowest BCUT2D eigenvalue weighted by Crippen LogP contribution is -2.35. The highest BCUT2D eigenvalue weighted by Gasteiger charge is 2.45. The molecule has 2 aromatic rings. The second-order valence-electron chi connectivity index (χ2n) is 8.02. The average Bonchev–Trinajstić information content (AvgIpc) is 3.44. The summed E-state index contributed by atoms with van der Waals surface area (Å²) in [6.45, 7) is 2.30. The van der Waals surface area contributed by atoms with Crippen molar-refractivity contribution in [2.75, 3.05) is 5.75 Å². The van der Waals surface area contributed by atoms with Crippen molar-refractivity contribution in [2.24, 2.45) is 4.99 Å². The lowest BCUT2D eigenvalue weighted by Gasteiger charge is -2.31. The highest BCUT2D eigenvalue weighted by Crippen LogP contribution is 2.48. The Morgan fingerprint density at radius 2 is 2.04 bits per heavy atom. The highest BCUT2D eigenvalue weighted by molar-refractivity contribution is 8.14. The van der Waals surface area contributed by atoms with Gasteiger partial charge in [0.2, 0.25) is 0 Å². The minimum absolute atomic E-state index is 0.102. The number of nitrogens with zero attached hydrogens (tertiary/aromatic N) is 4. The molecule has 3 atom stereocenters. The molecule has 1 saturated heterocycles. The van der Waals surface area contributed by atoms with Crippen molar-refractivity contribution >= 4 is 16.9 Å². The van der Waals surface area contributed by atoms with Gasteiger partial charge >= 0.3 is 0 Å². The third-order valence-corrected chi connectivity index (χ3v) is 7.53. The Labute approximate surface area is 166 Å². The van der Waals surface area contributed by atoms with E-state index in [0.29, 0.717) is 12.1 Å². The molecule has 0 bridgehead atoms. The van der Waals surface area contributed by atoms with Crippen LogP contribution in [0.3, 0.4) is 0 Å². The van der Waals surface area contributed by atoms with Crippen LogP contribution in [0.4, 0.5) is 0 Å². The summed E-state index contributed by atoms with van der Waals surface area (Å²) in [6.07, 6.45) is 14.6. The fourth-order valence-electron chi connectivity index (χ4n) is 4.92. The van der Waals surface area contributed by atoms with E-state index < -0.39 is 0 Å². The van der Waals surface area contributed by atoms with E-state index in [4.69, 9.17) is 4.99 Å². The number of amidine groups is 1. The maximum atomic E-state index is 5.13. The van der Waals surface area contributed by atoms with Gasteiger partial charge in [0.1, 0.15) is 6.04 Å². The third-order valence-electron chi connectivity index (χ3n) is 6.40. The molecular weight excluding hydrogens is 352 g/mol. The van der Waals surface area contributed by atoms with Crippen LogP contribution in [-0.2, 0) is 0 Å². The van der Waals surface area contributed by atoms with E-state index in [0.717, 1.165) is 11.4 Å². The summed E-state index contributed by atoms with van der Waals surface area (Å²) in [5.41, 5.74) is 2.49. The molecule has 4 nitrogen and oxygen atoms in total. The second kappa shape index (κ2) is 7.34. The van der Waals surface area contributed by atoms with E-state index in [-0.39, 0.29) is 12.1 Å². The van der Waals surface area contributed by atoms with Crippen molar-refractivity contribution in [1.29, 1.82) is 0 Å². The lowest BCUT2D eigenvalue weighted by atomic mass is 9.95. The Morgan fingerprint density at radius 3 is 2.81 bits per heavy atom. The number of rotatable bonds is 4. The monoisotopic (exact) mass is 380 g/mol. The van der Waals surface area contributed by atoms with E-state index in [2.05, 4.69) is 52.0 Å². The number of aliphatic imine (C=N–C) groups is 1. The molecule has 2 fully saturated rings. The van der Waals surface area contributed by atoms with Crippen molar-refractivity contribution < 1.29 is 0 Å². The van der Waals surface area contributed by atoms with Crippen LogP contribution < -0.4 is 0 Å². The first-order valence-corrected chi connectivity index (χ1v) is 11.4. The Morgan fingerprint density at radius 1 is 1.15 bits per heavy atom. The van der Waals surface area contributed by atoms with Gasteiger partial charge in [-0.3, -0.25) is 9.98 Å². The predicted octanol–water partition coefficient (Wildman–Crippen LogP) is 5.37. The van der Waals surface area contributed by atoms with Crippen LogP contribution in [0.1, 0.15) is 74.8 Å². The number of hydrogen-bond donors (Lipinski definition) is 0. The Kier molecular flexibility index (Phi) is 4.72. The van der Waals surface area contributed by atoms with E-state index in [1.807, 2.05) is 24.0 Å². The molecule has 0 unspecified atom stereocenters. The highest BCUT2D eigenvalue weighted by atomic mass is 32.2. The van der Waals surface area contributed by atoms with Gasteiger partial charge in [0.25, 0.3) is 0 Å². The van der Waals surface area contributed by atoms with Crippen LogP contribution in [0.15, 0.2) is 47.8 Å². The molecule has 5 heteroatoms. The molecule has 1 saturated carbocycles. The molecule has 2 aromatic heterocycles. The minimum atomic E-state index is 0.102. The minimum Gasteiger partial charge on any atom is -0.351 e. The number of aromatic nitrogens is 2. The summed E-state index contributed by atoms with van der Waals surface area (Å²) >= 11 is 1.92. The molecule has 3 aliphatic rings. The van der Waals surface area contributed by atoms with Gasteiger partial charge in [-0.25, -0.2) is 0 Å². The molecular formula is C22H28N4S. The smallest absolute Gasteiger partial charge is 0.160 e. The summed E-state index contributed by atoms with van der Waals surface area (Å²) in [5.74, 6) is 1.16. The molecule has 0 spiro atoms. The van der Waals surface area contributed by atoms with Crippen LogP contribution >= 0.6 is 11.8 Å². The Balaban J connectivity index is 1.50. The molecule has 4 heterocycles. The van der Waals surface area contributed by atoms with Crippen molar-refractivity contribution in [1.82, 2.24) is 14.5 Å².